The second kappa shape index (κ2) is 4.57. The van der Waals surface area contributed by atoms with E-state index in [2.05, 4.69) is 15.5 Å². The van der Waals surface area contributed by atoms with Crippen molar-refractivity contribution >= 4 is 5.91 Å². The summed E-state index contributed by atoms with van der Waals surface area (Å²) >= 11 is 0. The summed E-state index contributed by atoms with van der Waals surface area (Å²) in [5, 5.41) is 11.1. The minimum atomic E-state index is 0.0667. The van der Waals surface area contributed by atoms with E-state index in [4.69, 9.17) is 0 Å². The Balaban J connectivity index is 2.22. The molecule has 1 aromatic heterocycles. The van der Waals surface area contributed by atoms with Gasteiger partial charge in [0.2, 0.25) is 0 Å². The minimum Gasteiger partial charge on any atom is -0.336 e. The predicted octanol–water partition coefficient (Wildman–Crippen LogP) is 0.139. The smallest absolute Gasteiger partial charge is 0.255 e. The van der Waals surface area contributed by atoms with E-state index in [1.807, 2.05) is 24.8 Å². The molecule has 5 heteroatoms. The van der Waals surface area contributed by atoms with Gasteiger partial charge in [-0.3, -0.25) is 4.79 Å². The van der Waals surface area contributed by atoms with Gasteiger partial charge in [-0.25, -0.2) is 0 Å². The normalized spacial score (nSPS) is 16.2. The van der Waals surface area contributed by atoms with Gasteiger partial charge in [-0.1, -0.05) is 0 Å². The molecular weight excluding hydrogens is 204 g/mol. The fourth-order valence-corrected chi connectivity index (χ4v) is 1.80. The van der Waals surface area contributed by atoms with Crippen molar-refractivity contribution in [1.82, 2.24) is 20.4 Å². The summed E-state index contributed by atoms with van der Waals surface area (Å²) in [6.45, 7) is 6.92. The van der Waals surface area contributed by atoms with Crippen molar-refractivity contribution in [2.45, 2.75) is 13.8 Å². The van der Waals surface area contributed by atoms with Crippen molar-refractivity contribution in [2.24, 2.45) is 0 Å². The summed E-state index contributed by atoms with van der Waals surface area (Å²) in [6.07, 6.45) is 0. The summed E-state index contributed by atoms with van der Waals surface area (Å²) in [5.41, 5.74) is 2.16. The van der Waals surface area contributed by atoms with Gasteiger partial charge in [0, 0.05) is 26.2 Å². The molecule has 0 atom stereocenters. The van der Waals surface area contributed by atoms with Crippen LogP contribution in [0.2, 0.25) is 0 Å². The standard InChI is InChI=1S/C11H16N4O/c1-8-7-10(9(2)14-13-8)11(16)15-5-3-12-4-6-15/h7,12H,3-6H2,1-2H3. The lowest BCUT2D eigenvalue weighted by molar-refractivity contribution is 0.0734. The highest BCUT2D eigenvalue weighted by Crippen LogP contribution is 2.09. The first-order chi connectivity index (χ1) is 7.68. The van der Waals surface area contributed by atoms with Crippen molar-refractivity contribution in [1.29, 1.82) is 0 Å². The van der Waals surface area contributed by atoms with Crippen LogP contribution in [0.15, 0.2) is 6.07 Å². The molecule has 0 spiro atoms. The van der Waals surface area contributed by atoms with Crippen LogP contribution in [0.4, 0.5) is 0 Å². The maximum absolute atomic E-state index is 12.2. The van der Waals surface area contributed by atoms with Gasteiger partial charge in [-0.05, 0) is 19.9 Å². The van der Waals surface area contributed by atoms with Crippen molar-refractivity contribution in [2.75, 3.05) is 26.2 Å². The van der Waals surface area contributed by atoms with Gasteiger partial charge in [0.25, 0.3) is 5.91 Å². The number of carbonyl (C=O) groups is 1. The van der Waals surface area contributed by atoms with Gasteiger partial charge in [-0.2, -0.15) is 10.2 Å². The number of nitrogens with one attached hydrogen (secondary N) is 1. The van der Waals surface area contributed by atoms with Crippen LogP contribution in [0.25, 0.3) is 0 Å². The molecule has 1 saturated heterocycles. The van der Waals surface area contributed by atoms with E-state index in [0.717, 1.165) is 31.9 Å². The molecule has 0 radical (unpaired) electrons. The van der Waals surface area contributed by atoms with Crippen LogP contribution in [0, 0.1) is 13.8 Å². The molecule has 1 N–H and O–H groups in total. The number of amides is 1. The van der Waals surface area contributed by atoms with Crippen LogP contribution in [-0.4, -0.2) is 47.2 Å². The topological polar surface area (TPSA) is 58.1 Å². The van der Waals surface area contributed by atoms with E-state index in [-0.39, 0.29) is 5.91 Å². The molecule has 5 nitrogen and oxygen atoms in total. The Labute approximate surface area is 94.9 Å². The van der Waals surface area contributed by atoms with E-state index >= 15 is 0 Å². The summed E-state index contributed by atoms with van der Waals surface area (Å²) in [4.78, 5) is 14.1. The second-order valence-corrected chi connectivity index (χ2v) is 4.03. The largest absolute Gasteiger partial charge is 0.336 e. The van der Waals surface area contributed by atoms with E-state index in [1.165, 1.54) is 0 Å². The second-order valence-electron chi connectivity index (χ2n) is 4.03. The van der Waals surface area contributed by atoms with Crippen molar-refractivity contribution in [3.63, 3.8) is 0 Å². The van der Waals surface area contributed by atoms with Crippen LogP contribution >= 0.6 is 0 Å². The van der Waals surface area contributed by atoms with Gasteiger partial charge in [0.1, 0.15) is 0 Å². The van der Waals surface area contributed by atoms with Crippen molar-refractivity contribution in [3.05, 3.63) is 23.0 Å². The lowest BCUT2D eigenvalue weighted by Gasteiger charge is -2.27. The first kappa shape index (κ1) is 11.0. The van der Waals surface area contributed by atoms with Crippen molar-refractivity contribution in [3.8, 4) is 0 Å². The number of hydrogen-bond donors (Lipinski definition) is 1. The Kier molecular flexibility index (Phi) is 3.14. The first-order valence-electron chi connectivity index (χ1n) is 5.49. The molecule has 0 saturated carbocycles. The number of rotatable bonds is 1. The Bertz CT molecular complexity index is 399. The number of nitrogens with zero attached hydrogens (tertiary/aromatic N) is 3. The molecule has 1 amide bonds. The number of aromatic nitrogens is 2. The molecule has 2 heterocycles. The third-order valence-electron chi connectivity index (χ3n) is 2.74. The molecule has 1 aliphatic rings. The predicted molar refractivity (Wildman–Crippen MR) is 60.3 cm³/mol. The zero-order chi connectivity index (χ0) is 11.5. The monoisotopic (exact) mass is 220 g/mol. The molecule has 1 aliphatic heterocycles. The highest BCUT2D eigenvalue weighted by molar-refractivity contribution is 5.95. The summed E-state index contributed by atoms with van der Waals surface area (Å²) in [7, 11) is 0. The Morgan fingerprint density at radius 1 is 1.31 bits per heavy atom. The Morgan fingerprint density at radius 3 is 2.69 bits per heavy atom. The minimum absolute atomic E-state index is 0.0667. The zero-order valence-electron chi connectivity index (χ0n) is 9.66. The highest BCUT2D eigenvalue weighted by atomic mass is 16.2. The molecule has 0 aromatic carbocycles. The fraction of sp³-hybridized carbons (Fsp3) is 0.545. The molecule has 0 bridgehead atoms. The van der Waals surface area contributed by atoms with E-state index in [9.17, 15) is 4.79 Å². The third kappa shape index (κ3) is 2.19. The first-order valence-corrected chi connectivity index (χ1v) is 5.49. The summed E-state index contributed by atoms with van der Waals surface area (Å²) in [5.74, 6) is 0.0667. The maximum atomic E-state index is 12.2. The fourth-order valence-electron chi connectivity index (χ4n) is 1.80. The van der Waals surface area contributed by atoms with Crippen LogP contribution in [0.3, 0.4) is 0 Å². The SMILES string of the molecule is Cc1cc(C(=O)N2CCNCC2)c(C)nn1. The molecule has 0 aliphatic carbocycles. The van der Waals surface area contributed by atoms with Crippen LogP contribution in [-0.2, 0) is 0 Å². The zero-order valence-corrected chi connectivity index (χ0v) is 9.66. The van der Waals surface area contributed by atoms with E-state index in [1.54, 1.807) is 0 Å². The third-order valence-corrected chi connectivity index (χ3v) is 2.74. The quantitative estimate of drug-likeness (QED) is 0.731. The number of piperazine rings is 1. The maximum Gasteiger partial charge on any atom is 0.255 e. The average molecular weight is 220 g/mol. The Morgan fingerprint density at radius 2 is 2.00 bits per heavy atom. The molecule has 2 rings (SSSR count). The highest BCUT2D eigenvalue weighted by Gasteiger charge is 2.20. The van der Waals surface area contributed by atoms with E-state index < -0.39 is 0 Å². The van der Waals surface area contributed by atoms with Gasteiger partial charge >= 0.3 is 0 Å². The molecular formula is C11H16N4O. The molecule has 0 unspecified atom stereocenters. The lowest BCUT2D eigenvalue weighted by atomic mass is 10.1. The number of carbonyl (C=O) groups excluding carboxylic acids is 1. The summed E-state index contributed by atoms with van der Waals surface area (Å²) < 4.78 is 0. The molecule has 86 valence electrons. The van der Waals surface area contributed by atoms with Crippen LogP contribution in [0.1, 0.15) is 21.7 Å². The van der Waals surface area contributed by atoms with Crippen molar-refractivity contribution < 1.29 is 4.79 Å². The molecule has 16 heavy (non-hydrogen) atoms. The van der Waals surface area contributed by atoms with E-state index in [0.29, 0.717) is 11.3 Å². The molecule has 1 aromatic rings. The average Bonchev–Trinajstić information content (AvgIpc) is 2.32. The molecule has 1 fully saturated rings. The number of hydrogen-bond acceptors (Lipinski definition) is 4. The van der Waals surface area contributed by atoms with Crippen LogP contribution in [0.5, 0.6) is 0 Å². The van der Waals surface area contributed by atoms with Gasteiger partial charge in [-0.15, -0.1) is 0 Å². The summed E-state index contributed by atoms with van der Waals surface area (Å²) in [6, 6.07) is 1.81. The lowest BCUT2D eigenvalue weighted by Crippen LogP contribution is -2.46. The number of aryl methyl sites for hydroxylation is 2. The van der Waals surface area contributed by atoms with Gasteiger partial charge in [0.05, 0.1) is 17.0 Å². The Hall–Kier alpha value is -1.49. The van der Waals surface area contributed by atoms with Gasteiger partial charge < -0.3 is 10.2 Å². The van der Waals surface area contributed by atoms with Crippen LogP contribution < -0.4 is 5.32 Å². The van der Waals surface area contributed by atoms with Gasteiger partial charge in [0.15, 0.2) is 0 Å².